The van der Waals surface area contributed by atoms with Crippen molar-refractivity contribution in [2.24, 2.45) is 0 Å². The monoisotopic (exact) mass is 246 g/mol. The lowest BCUT2D eigenvalue weighted by atomic mass is 10.3. The van der Waals surface area contributed by atoms with Crippen molar-refractivity contribution in [3.63, 3.8) is 0 Å². The van der Waals surface area contributed by atoms with Gasteiger partial charge in [0.25, 0.3) is 0 Å². The second kappa shape index (κ2) is 15.3. The minimum atomic E-state index is 1.21. The third kappa shape index (κ3) is 12.4. The Balaban J connectivity index is 0. The molecular formula is C16H26N2. The molecule has 0 atom stereocenters. The predicted octanol–water partition coefficient (Wildman–Crippen LogP) is 4.83. The standard InChI is InChI=1S/2C6H7N.2C2H6/c1-6-2-4-7-5-3-6;1-6-3-2-4-7-5-6;2*1-2/h2*2-5H,1H3;2*1-2H3. The number of rotatable bonds is 0. The molecule has 0 N–H and O–H groups in total. The molecule has 18 heavy (non-hydrogen) atoms. The maximum atomic E-state index is 3.88. The third-order valence-corrected chi connectivity index (χ3v) is 1.66. The highest BCUT2D eigenvalue weighted by Gasteiger charge is 1.73. The fourth-order valence-electron chi connectivity index (χ4n) is 0.875. The van der Waals surface area contributed by atoms with Crippen molar-refractivity contribution in [2.75, 3.05) is 0 Å². The van der Waals surface area contributed by atoms with Gasteiger partial charge in [-0.2, -0.15) is 0 Å². The van der Waals surface area contributed by atoms with Crippen LogP contribution < -0.4 is 0 Å². The Bertz CT molecular complexity index is 306. The first-order chi connectivity index (χ1) is 8.79. The summed E-state index contributed by atoms with van der Waals surface area (Å²) in [6.45, 7) is 12.1. The fourth-order valence-corrected chi connectivity index (χ4v) is 0.875. The van der Waals surface area contributed by atoms with E-state index >= 15 is 0 Å². The molecule has 2 aromatic rings. The highest BCUT2D eigenvalue weighted by atomic mass is 14.6. The first kappa shape index (κ1) is 18.7. The molecule has 0 saturated carbocycles. The van der Waals surface area contributed by atoms with Crippen LogP contribution in [0, 0.1) is 13.8 Å². The van der Waals surface area contributed by atoms with Gasteiger partial charge in [-0.1, -0.05) is 33.8 Å². The summed E-state index contributed by atoms with van der Waals surface area (Å²) in [5.74, 6) is 0. The molecule has 2 nitrogen and oxygen atoms in total. The Morgan fingerprint density at radius 2 is 1.22 bits per heavy atom. The molecular weight excluding hydrogens is 220 g/mol. The van der Waals surface area contributed by atoms with E-state index in [2.05, 4.69) is 9.97 Å². The SMILES string of the molecule is CC.CC.Cc1cccnc1.Cc1ccncc1. The molecule has 0 aromatic carbocycles. The summed E-state index contributed by atoms with van der Waals surface area (Å²) in [6.07, 6.45) is 7.18. The van der Waals surface area contributed by atoms with Gasteiger partial charge in [0.1, 0.15) is 0 Å². The third-order valence-electron chi connectivity index (χ3n) is 1.66. The normalized spacial score (nSPS) is 7.44. The quantitative estimate of drug-likeness (QED) is 0.665. The minimum Gasteiger partial charge on any atom is -0.265 e. The number of hydrogen-bond acceptors (Lipinski definition) is 2. The van der Waals surface area contributed by atoms with Gasteiger partial charge in [0, 0.05) is 24.8 Å². The van der Waals surface area contributed by atoms with Crippen LogP contribution in [0.25, 0.3) is 0 Å². The number of aromatic nitrogens is 2. The molecule has 0 saturated heterocycles. The van der Waals surface area contributed by atoms with Gasteiger partial charge >= 0.3 is 0 Å². The summed E-state index contributed by atoms with van der Waals surface area (Å²) in [7, 11) is 0. The van der Waals surface area contributed by atoms with E-state index < -0.39 is 0 Å². The van der Waals surface area contributed by atoms with Crippen LogP contribution in [0.4, 0.5) is 0 Å². The lowest BCUT2D eigenvalue weighted by Gasteiger charge is -1.82. The van der Waals surface area contributed by atoms with E-state index in [0.717, 1.165) is 0 Å². The maximum Gasteiger partial charge on any atom is 0.0297 e. The summed E-state index contributed by atoms with van der Waals surface area (Å²) in [4.78, 5) is 7.73. The lowest BCUT2D eigenvalue weighted by Crippen LogP contribution is -1.69. The van der Waals surface area contributed by atoms with Gasteiger partial charge in [0.15, 0.2) is 0 Å². The van der Waals surface area contributed by atoms with Crippen molar-refractivity contribution in [2.45, 2.75) is 41.5 Å². The molecule has 2 aromatic heterocycles. The minimum absolute atomic E-state index is 1.21. The number of aryl methyl sites for hydroxylation is 2. The van der Waals surface area contributed by atoms with Gasteiger partial charge in [0.2, 0.25) is 0 Å². The van der Waals surface area contributed by atoms with Crippen molar-refractivity contribution in [1.29, 1.82) is 0 Å². The van der Waals surface area contributed by atoms with Crippen molar-refractivity contribution in [3.05, 3.63) is 60.2 Å². The molecule has 0 aliphatic rings. The van der Waals surface area contributed by atoms with E-state index in [-0.39, 0.29) is 0 Å². The molecule has 0 aliphatic carbocycles. The highest BCUT2D eigenvalue weighted by molar-refractivity contribution is 5.05. The van der Waals surface area contributed by atoms with Crippen molar-refractivity contribution in [1.82, 2.24) is 9.97 Å². The van der Waals surface area contributed by atoms with E-state index in [1.807, 2.05) is 72.0 Å². The van der Waals surface area contributed by atoms with E-state index in [0.29, 0.717) is 0 Å². The van der Waals surface area contributed by atoms with Gasteiger partial charge < -0.3 is 0 Å². The molecule has 0 radical (unpaired) electrons. The van der Waals surface area contributed by atoms with Crippen molar-refractivity contribution < 1.29 is 0 Å². The zero-order valence-electron chi connectivity index (χ0n) is 12.5. The van der Waals surface area contributed by atoms with Crippen LogP contribution in [-0.4, -0.2) is 9.97 Å². The predicted molar refractivity (Wildman–Crippen MR) is 80.6 cm³/mol. The second-order valence-corrected chi connectivity index (χ2v) is 3.05. The van der Waals surface area contributed by atoms with Crippen LogP contribution in [0.2, 0.25) is 0 Å². The molecule has 100 valence electrons. The average Bonchev–Trinajstić information content (AvgIpc) is 2.46. The van der Waals surface area contributed by atoms with E-state index in [1.165, 1.54) is 11.1 Å². The molecule has 2 heterocycles. The van der Waals surface area contributed by atoms with Crippen molar-refractivity contribution in [3.8, 4) is 0 Å². The zero-order chi connectivity index (χ0) is 14.2. The Hall–Kier alpha value is -1.70. The molecule has 0 fully saturated rings. The Morgan fingerprint density at radius 3 is 1.44 bits per heavy atom. The maximum absolute atomic E-state index is 3.88. The van der Waals surface area contributed by atoms with Gasteiger partial charge in [0.05, 0.1) is 0 Å². The largest absolute Gasteiger partial charge is 0.265 e. The molecule has 0 aliphatic heterocycles. The highest BCUT2D eigenvalue weighted by Crippen LogP contribution is 1.89. The molecule has 2 heteroatoms. The number of pyridine rings is 2. The average molecular weight is 246 g/mol. The van der Waals surface area contributed by atoms with Crippen LogP contribution in [0.3, 0.4) is 0 Å². The lowest BCUT2D eigenvalue weighted by molar-refractivity contribution is 1.27. The summed E-state index contributed by atoms with van der Waals surface area (Å²) in [5, 5.41) is 0. The van der Waals surface area contributed by atoms with E-state index in [1.54, 1.807) is 18.6 Å². The Labute approximate surface area is 112 Å². The van der Waals surface area contributed by atoms with Crippen LogP contribution in [0.5, 0.6) is 0 Å². The van der Waals surface area contributed by atoms with Crippen LogP contribution >= 0.6 is 0 Å². The van der Waals surface area contributed by atoms with Gasteiger partial charge in [-0.15, -0.1) is 0 Å². The van der Waals surface area contributed by atoms with Crippen LogP contribution in [-0.2, 0) is 0 Å². The first-order valence-electron chi connectivity index (χ1n) is 6.52. The number of nitrogens with zero attached hydrogens (tertiary/aromatic N) is 2. The molecule has 0 bridgehead atoms. The van der Waals surface area contributed by atoms with E-state index in [9.17, 15) is 0 Å². The van der Waals surface area contributed by atoms with Gasteiger partial charge in [-0.25, -0.2) is 0 Å². The first-order valence-corrected chi connectivity index (χ1v) is 6.52. The van der Waals surface area contributed by atoms with Gasteiger partial charge in [-0.3, -0.25) is 9.97 Å². The fraction of sp³-hybridized carbons (Fsp3) is 0.375. The molecule has 2 rings (SSSR count). The van der Waals surface area contributed by atoms with E-state index in [4.69, 9.17) is 0 Å². The zero-order valence-corrected chi connectivity index (χ0v) is 12.5. The molecule has 0 amide bonds. The Morgan fingerprint density at radius 1 is 0.667 bits per heavy atom. The molecule has 0 unspecified atom stereocenters. The van der Waals surface area contributed by atoms with Crippen molar-refractivity contribution >= 4 is 0 Å². The number of hydrogen-bond donors (Lipinski definition) is 0. The summed E-state index contributed by atoms with van der Waals surface area (Å²) in [5.41, 5.74) is 2.47. The van der Waals surface area contributed by atoms with Gasteiger partial charge in [-0.05, 0) is 43.2 Å². The van der Waals surface area contributed by atoms with Crippen LogP contribution in [0.1, 0.15) is 38.8 Å². The summed E-state index contributed by atoms with van der Waals surface area (Å²) in [6, 6.07) is 7.89. The summed E-state index contributed by atoms with van der Waals surface area (Å²) >= 11 is 0. The Kier molecular flexibility index (Phi) is 15.9. The smallest absolute Gasteiger partial charge is 0.0297 e. The second-order valence-electron chi connectivity index (χ2n) is 3.05. The summed E-state index contributed by atoms with van der Waals surface area (Å²) < 4.78 is 0. The van der Waals surface area contributed by atoms with Crippen LogP contribution in [0.15, 0.2) is 49.1 Å². The topological polar surface area (TPSA) is 25.8 Å². The molecule has 0 spiro atoms.